The van der Waals surface area contributed by atoms with Crippen molar-refractivity contribution in [3.8, 4) is 17.2 Å². The number of ketones is 1. The van der Waals surface area contributed by atoms with Crippen molar-refractivity contribution in [1.82, 2.24) is 4.98 Å². The number of aromatic nitrogens is 1. The summed E-state index contributed by atoms with van der Waals surface area (Å²) in [7, 11) is 1.55. The summed E-state index contributed by atoms with van der Waals surface area (Å²) in [6.45, 7) is 4.78. The Morgan fingerprint density at radius 2 is 1.84 bits per heavy atom. The van der Waals surface area contributed by atoms with Gasteiger partial charge in [0.25, 0.3) is 5.78 Å². The average Bonchev–Trinajstić information content (AvgIpc) is 3.46. The van der Waals surface area contributed by atoms with Gasteiger partial charge in [-0.1, -0.05) is 29.5 Å². The SMILES string of the molecule is COc1cccc([C@@H]2C(=C(O)c3ccc4c(c3)OCCO4)C(=O)C(=O)N2c2nc3c(C)cc(C)cc3s2)c1. The van der Waals surface area contributed by atoms with E-state index in [4.69, 9.17) is 19.2 Å². The van der Waals surface area contributed by atoms with E-state index in [2.05, 4.69) is 0 Å². The van der Waals surface area contributed by atoms with E-state index < -0.39 is 17.7 Å². The number of ether oxygens (including phenoxy) is 3. The molecule has 1 saturated heterocycles. The minimum atomic E-state index is -0.916. The van der Waals surface area contributed by atoms with Crippen molar-refractivity contribution in [1.29, 1.82) is 0 Å². The average molecular weight is 529 g/mol. The molecule has 1 N–H and O–H groups in total. The van der Waals surface area contributed by atoms with E-state index in [0.717, 1.165) is 21.3 Å². The van der Waals surface area contributed by atoms with E-state index >= 15 is 0 Å². The molecule has 2 aliphatic rings. The fraction of sp³-hybridized carbons (Fsp3) is 0.207. The number of hydrogen-bond donors (Lipinski definition) is 1. The zero-order valence-corrected chi connectivity index (χ0v) is 21.8. The first-order chi connectivity index (χ1) is 18.4. The molecule has 6 rings (SSSR count). The molecule has 192 valence electrons. The van der Waals surface area contributed by atoms with E-state index in [1.165, 1.54) is 16.2 Å². The molecule has 3 aromatic carbocycles. The van der Waals surface area contributed by atoms with Crippen LogP contribution in [-0.2, 0) is 9.59 Å². The molecule has 38 heavy (non-hydrogen) atoms. The first kappa shape index (κ1) is 24.0. The minimum absolute atomic E-state index is 0.0351. The zero-order chi connectivity index (χ0) is 26.6. The summed E-state index contributed by atoms with van der Waals surface area (Å²) in [5.74, 6) is -0.281. The first-order valence-electron chi connectivity index (χ1n) is 12.1. The Balaban J connectivity index is 1.56. The summed E-state index contributed by atoms with van der Waals surface area (Å²) < 4.78 is 17.6. The second-order valence-electron chi connectivity index (χ2n) is 9.23. The van der Waals surface area contributed by atoms with Crippen molar-refractivity contribution in [3.63, 3.8) is 0 Å². The van der Waals surface area contributed by atoms with E-state index in [0.29, 0.717) is 46.7 Å². The summed E-state index contributed by atoms with van der Waals surface area (Å²) >= 11 is 1.33. The van der Waals surface area contributed by atoms with Crippen molar-refractivity contribution in [3.05, 3.63) is 82.4 Å². The van der Waals surface area contributed by atoms with Gasteiger partial charge in [-0.2, -0.15) is 0 Å². The summed E-state index contributed by atoms with van der Waals surface area (Å²) in [6, 6.07) is 15.2. The van der Waals surface area contributed by atoms with Crippen LogP contribution in [0.2, 0.25) is 0 Å². The van der Waals surface area contributed by atoms with Crippen LogP contribution in [0.3, 0.4) is 0 Å². The summed E-state index contributed by atoms with van der Waals surface area (Å²) in [5.41, 5.74) is 3.75. The van der Waals surface area contributed by atoms with Crippen molar-refractivity contribution in [2.45, 2.75) is 19.9 Å². The Kier molecular flexibility index (Phi) is 5.80. The molecule has 0 radical (unpaired) electrons. The lowest BCUT2D eigenvalue weighted by Crippen LogP contribution is -2.29. The molecule has 4 aromatic rings. The number of thiazole rings is 1. The van der Waals surface area contributed by atoms with Crippen LogP contribution in [0.15, 0.2) is 60.2 Å². The number of rotatable bonds is 4. The van der Waals surface area contributed by atoms with E-state index in [-0.39, 0.29) is 11.3 Å². The molecule has 1 fully saturated rings. The van der Waals surface area contributed by atoms with Gasteiger partial charge in [-0.25, -0.2) is 4.98 Å². The van der Waals surface area contributed by atoms with Gasteiger partial charge in [0, 0.05) is 5.56 Å². The third kappa shape index (κ3) is 3.86. The molecule has 0 unspecified atom stereocenters. The number of hydrogen-bond acceptors (Lipinski definition) is 8. The minimum Gasteiger partial charge on any atom is -0.507 e. The number of anilines is 1. The second kappa shape index (κ2) is 9.18. The highest BCUT2D eigenvalue weighted by molar-refractivity contribution is 7.22. The predicted octanol–water partition coefficient (Wildman–Crippen LogP) is 5.32. The van der Waals surface area contributed by atoms with Gasteiger partial charge in [0.15, 0.2) is 16.6 Å². The predicted molar refractivity (Wildman–Crippen MR) is 144 cm³/mol. The van der Waals surface area contributed by atoms with Crippen LogP contribution in [0.4, 0.5) is 5.13 Å². The highest BCUT2D eigenvalue weighted by Gasteiger charge is 2.48. The fourth-order valence-corrected chi connectivity index (χ4v) is 6.13. The summed E-state index contributed by atoms with van der Waals surface area (Å²) in [4.78, 5) is 33.3. The van der Waals surface area contributed by atoms with Crippen LogP contribution in [0.25, 0.3) is 16.0 Å². The Hall–Kier alpha value is -4.37. The Labute approximate surface area is 222 Å². The number of benzene rings is 3. The lowest BCUT2D eigenvalue weighted by atomic mass is 9.95. The van der Waals surface area contributed by atoms with Crippen molar-refractivity contribution in [2.24, 2.45) is 0 Å². The summed E-state index contributed by atoms with van der Waals surface area (Å²) in [6.07, 6.45) is 0. The van der Waals surface area contributed by atoms with E-state index in [1.807, 2.05) is 26.0 Å². The standard InChI is InChI=1S/C29H24N2O6S/c1-15-11-16(2)24-22(12-15)38-29(30-24)31-25(17-5-4-6-19(13-17)35-3)23(27(33)28(31)34)26(32)18-7-8-20-21(14-18)37-10-9-36-20/h4-8,11-14,25,32H,9-10H2,1-3H3/t25-/m1/s1. The van der Waals surface area contributed by atoms with Crippen molar-refractivity contribution < 1.29 is 28.9 Å². The maximum absolute atomic E-state index is 13.6. The largest absolute Gasteiger partial charge is 0.507 e. The molecular formula is C29H24N2O6S. The van der Waals surface area contributed by atoms with Gasteiger partial charge in [-0.05, 0) is 66.9 Å². The topological polar surface area (TPSA) is 98.2 Å². The Bertz CT molecular complexity index is 1660. The molecule has 8 nitrogen and oxygen atoms in total. The maximum Gasteiger partial charge on any atom is 0.301 e. The Morgan fingerprint density at radius 3 is 2.63 bits per heavy atom. The summed E-state index contributed by atoms with van der Waals surface area (Å²) in [5, 5.41) is 11.9. The molecule has 0 saturated carbocycles. The van der Waals surface area contributed by atoms with E-state index in [9.17, 15) is 14.7 Å². The molecule has 0 aliphatic carbocycles. The van der Waals surface area contributed by atoms with Gasteiger partial charge in [0.1, 0.15) is 24.7 Å². The number of fused-ring (bicyclic) bond motifs is 2. The number of carbonyl (C=O) groups excluding carboxylic acids is 2. The molecule has 1 aromatic heterocycles. The number of Topliss-reactive ketones (excluding diaryl/α,β-unsaturated/α-hetero) is 1. The third-order valence-electron chi connectivity index (χ3n) is 6.69. The fourth-order valence-electron chi connectivity index (χ4n) is 4.96. The zero-order valence-electron chi connectivity index (χ0n) is 21.0. The van der Waals surface area contributed by atoms with Gasteiger partial charge in [0.05, 0.1) is 28.9 Å². The van der Waals surface area contributed by atoms with Gasteiger partial charge < -0.3 is 19.3 Å². The number of methoxy groups -OCH3 is 1. The molecule has 3 heterocycles. The number of aryl methyl sites for hydroxylation is 2. The van der Waals surface area contributed by atoms with Crippen LogP contribution >= 0.6 is 11.3 Å². The van der Waals surface area contributed by atoms with Crippen LogP contribution < -0.4 is 19.1 Å². The molecular weight excluding hydrogens is 504 g/mol. The number of aliphatic hydroxyl groups is 1. The van der Waals surface area contributed by atoms with Crippen LogP contribution in [-0.4, -0.2) is 42.1 Å². The van der Waals surface area contributed by atoms with Crippen molar-refractivity contribution >= 4 is 44.1 Å². The first-order valence-corrected chi connectivity index (χ1v) is 12.9. The van der Waals surface area contributed by atoms with Crippen LogP contribution in [0.1, 0.15) is 28.3 Å². The highest BCUT2D eigenvalue weighted by atomic mass is 32.1. The second-order valence-corrected chi connectivity index (χ2v) is 10.2. The number of carbonyl (C=O) groups is 2. The smallest absolute Gasteiger partial charge is 0.301 e. The quantitative estimate of drug-likeness (QED) is 0.218. The molecule has 2 aliphatic heterocycles. The molecule has 1 amide bonds. The lowest BCUT2D eigenvalue weighted by molar-refractivity contribution is -0.132. The monoisotopic (exact) mass is 528 g/mol. The molecule has 0 bridgehead atoms. The van der Waals surface area contributed by atoms with Crippen LogP contribution in [0, 0.1) is 13.8 Å². The van der Waals surface area contributed by atoms with Gasteiger partial charge >= 0.3 is 5.91 Å². The third-order valence-corrected chi connectivity index (χ3v) is 7.70. The molecule has 9 heteroatoms. The highest BCUT2D eigenvalue weighted by Crippen LogP contribution is 2.46. The van der Waals surface area contributed by atoms with Gasteiger partial charge in [-0.3, -0.25) is 14.5 Å². The normalized spacial score (nSPS) is 18.3. The number of amides is 1. The molecule has 1 atom stereocenters. The number of aliphatic hydroxyl groups excluding tert-OH is 1. The van der Waals surface area contributed by atoms with Crippen LogP contribution in [0.5, 0.6) is 17.2 Å². The van der Waals surface area contributed by atoms with Crippen molar-refractivity contribution in [2.75, 3.05) is 25.2 Å². The number of nitrogens with zero attached hydrogens (tertiary/aromatic N) is 2. The maximum atomic E-state index is 13.6. The van der Waals surface area contributed by atoms with E-state index in [1.54, 1.807) is 49.6 Å². The van der Waals surface area contributed by atoms with Gasteiger partial charge in [-0.15, -0.1) is 0 Å². The lowest BCUT2D eigenvalue weighted by Gasteiger charge is -2.23. The van der Waals surface area contributed by atoms with Gasteiger partial charge in [0.2, 0.25) is 0 Å². The Morgan fingerprint density at radius 1 is 1.05 bits per heavy atom. The molecule has 0 spiro atoms.